The lowest BCUT2D eigenvalue weighted by Crippen LogP contribution is -2.33. The van der Waals surface area contributed by atoms with Crippen molar-refractivity contribution in [3.05, 3.63) is 65.1 Å². The number of halogens is 1. The minimum absolute atomic E-state index is 0.0911. The molecule has 30 heavy (non-hydrogen) atoms. The maximum absolute atomic E-state index is 12.9. The fraction of sp³-hybridized carbons (Fsp3) is 0.238. The van der Waals surface area contributed by atoms with Crippen molar-refractivity contribution < 1.29 is 4.79 Å². The minimum Gasteiger partial charge on any atom is -0.323 e. The number of nitrogens with zero attached hydrogens (tertiary/aromatic N) is 5. The van der Waals surface area contributed by atoms with Gasteiger partial charge in [-0.05, 0) is 49.7 Å². The lowest BCUT2D eigenvalue weighted by Gasteiger charge is -2.22. The first-order chi connectivity index (χ1) is 14.7. The molecule has 1 fully saturated rings. The second-order valence-corrected chi connectivity index (χ2v) is 8.70. The molecule has 1 saturated heterocycles. The number of aromatic nitrogens is 4. The Balaban J connectivity index is 1.33. The fourth-order valence-electron chi connectivity index (χ4n) is 3.84. The number of hydrogen-bond donors (Lipinski definition) is 1. The van der Waals surface area contributed by atoms with Gasteiger partial charge in [0.1, 0.15) is 17.7 Å². The number of para-hydroxylation sites is 1. The molecular weight excluding hydrogens is 420 g/mol. The number of thiazole rings is 1. The Labute approximate surface area is 182 Å². The highest BCUT2D eigenvalue weighted by Gasteiger charge is 2.30. The van der Waals surface area contributed by atoms with E-state index in [9.17, 15) is 4.79 Å². The lowest BCUT2D eigenvalue weighted by atomic mass is 10.2. The third kappa shape index (κ3) is 3.81. The maximum Gasteiger partial charge on any atom is 0.238 e. The summed E-state index contributed by atoms with van der Waals surface area (Å²) in [6, 6.07) is 13.6. The molecular formula is C21H19ClN6OS. The van der Waals surface area contributed by atoms with Gasteiger partial charge in [-0.3, -0.25) is 9.69 Å². The minimum atomic E-state index is -0.0911. The summed E-state index contributed by atoms with van der Waals surface area (Å²) in [6.07, 6.45) is 5.10. The molecule has 7 nitrogen and oxygen atoms in total. The molecule has 1 aliphatic heterocycles. The van der Waals surface area contributed by atoms with Gasteiger partial charge in [0, 0.05) is 5.02 Å². The molecule has 0 saturated carbocycles. The van der Waals surface area contributed by atoms with Crippen molar-refractivity contribution in [3.8, 4) is 5.69 Å². The summed E-state index contributed by atoms with van der Waals surface area (Å²) >= 11 is 7.87. The number of amides is 1. The van der Waals surface area contributed by atoms with Crippen LogP contribution in [0.25, 0.3) is 15.9 Å². The molecule has 3 heterocycles. The third-order valence-corrected chi connectivity index (χ3v) is 6.58. The first kappa shape index (κ1) is 19.2. The van der Waals surface area contributed by atoms with Crippen molar-refractivity contribution in [3.63, 3.8) is 0 Å². The quantitative estimate of drug-likeness (QED) is 0.502. The maximum atomic E-state index is 12.9. The smallest absolute Gasteiger partial charge is 0.238 e. The summed E-state index contributed by atoms with van der Waals surface area (Å²) in [5.74, 6) is -0.0911. The number of carbonyl (C=O) groups is 1. The molecule has 5 rings (SSSR count). The van der Waals surface area contributed by atoms with Crippen LogP contribution in [0.3, 0.4) is 0 Å². The normalized spacial score (nSPS) is 16.9. The standard InChI is InChI=1S/C21H19ClN6OS/c22-14-7-8-17(28-13-23-12-24-28)16(10-14)25-20(29)11-27-9-3-5-18(27)21-26-15-4-1-2-6-19(15)30-21/h1-2,4,6-8,10,12-13,18H,3,5,9,11H2,(H,25,29)/t18-/m0/s1. The Hall–Kier alpha value is -2.81. The highest BCUT2D eigenvalue weighted by molar-refractivity contribution is 7.18. The zero-order valence-corrected chi connectivity index (χ0v) is 17.6. The molecule has 1 atom stereocenters. The predicted molar refractivity (Wildman–Crippen MR) is 118 cm³/mol. The van der Waals surface area contributed by atoms with E-state index in [1.54, 1.807) is 34.5 Å². The van der Waals surface area contributed by atoms with Crippen LogP contribution in [0.5, 0.6) is 0 Å². The molecule has 152 valence electrons. The topological polar surface area (TPSA) is 75.9 Å². The molecule has 4 aromatic rings. The van der Waals surface area contributed by atoms with Crippen LogP contribution < -0.4 is 5.32 Å². The number of benzene rings is 2. The highest BCUT2D eigenvalue weighted by Crippen LogP contribution is 2.36. The Morgan fingerprint density at radius 2 is 2.17 bits per heavy atom. The third-order valence-electron chi connectivity index (χ3n) is 5.20. The van der Waals surface area contributed by atoms with Crippen LogP contribution in [0.15, 0.2) is 55.1 Å². The summed E-state index contributed by atoms with van der Waals surface area (Å²) in [4.78, 5) is 23.9. The van der Waals surface area contributed by atoms with Crippen molar-refractivity contribution in [2.45, 2.75) is 18.9 Å². The van der Waals surface area contributed by atoms with E-state index in [-0.39, 0.29) is 11.9 Å². The summed E-state index contributed by atoms with van der Waals surface area (Å²) in [7, 11) is 0. The van der Waals surface area contributed by atoms with Crippen molar-refractivity contribution in [1.82, 2.24) is 24.6 Å². The second kappa shape index (κ2) is 8.14. The van der Waals surface area contributed by atoms with Gasteiger partial charge in [0.05, 0.1) is 34.2 Å². The Morgan fingerprint density at radius 3 is 3.00 bits per heavy atom. The molecule has 1 amide bonds. The van der Waals surface area contributed by atoms with Gasteiger partial charge in [0.2, 0.25) is 5.91 Å². The number of rotatable bonds is 5. The SMILES string of the molecule is O=C(CN1CCC[C@H]1c1nc2ccccc2s1)Nc1cc(Cl)ccc1-n1cncn1. The zero-order chi connectivity index (χ0) is 20.5. The van der Waals surface area contributed by atoms with Crippen molar-refractivity contribution in [2.75, 3.05) is 18.4 Å². The summed E-state index contributed by atoms with van der Waals surface area (Å²) in [5, 5.41) is 8.77. The van der Waals surface area contributed by atoms with E-state index in [0.717, 1.165) is 35.6 Å². The summed E-state index contributed by atoms with van der Waals surface area (Å²) in [5.41, 5.74) is 2.34. The van der Waals surface area contributed by atoms with Gasteiger partial charge in [-0.25, -0.2) is 14.6 Å². The van der Waals surface area contributed by atoms with E-state index in [4.69, 9.17) is 16.6 Å². The number of carbonyl (C=O) groups excluding carboxylic acids is 1. The van der Waals surface area contributed by atoms with E-state index in [1.165, 1.54) is 11.0 Å². The molecule has 2 aromatic carbocycles. The van der Waals surface area contributed by atoms with Gasteiger partial charge >= 0.3 is 0 Å². The van der Waals surface area contributed by atoms with Gasteiger partial charge in [-0.2, -0.15) is 5.10 Å². The number of fused-ring (bicyclic) bond motifs is 1. The Bertz CT molecular complexity index is 1160. The summed E-state index contributed by atoms with van der Waals surface area (Å²) < 4.78 is 2.78. The van der Waals surface area contributed by atoms with Crippen LogP contribution in [-0.2, 0) is 4.79 Å². The molecule has 0 bridgehead atoms. The lowest BCUT2D eigenvalue weighted by molar-refractivity contribution is -0.117. The average molecular weight is 439 g/mol. The van der Waals surface area contributed by atoms with Gasteiger partial charge < -0.3 is 5.32 Å². The molecule has 2 aromatic heterocycles. The second-order valence-electron chi connectivity index (χ2n) is 7.20. The number of anilines is 1. The van der Waals surface area contributed by atoms with Gasteiger partial charge in [-0.1, -0.05) is 23.7 Å². The van der Waals surface area contributed by atoms with Gasteiger partial charge in [-0.15, -0.1) is 11.3 Å². The first-order valence-corrected chi connectivity index (χ1v) is 10.9. The predicted octanol–water partition coefficient (Wildman–Crippen LogP) is 4.31. The van der Waals surface area contributed by atoms with Crippen molar-refractivity contribution in [2.24, 2.45) is 0 Å². The largest absolute Gasteiger partial charge is 0.323 e. The fourth-order valence-corrected chi connectivity index (χ4v) is 5.15. The molecule has 1 aliphatic rings. The molecule has 0 unspecified atom stereocenters. The van der Waals surface area contributed by atoms with Crippen LogP contribution in [0.1, 0.15) is 23.9 Å². The van der Waals surface area contributed by atoms with E-state index in [1.807, 2.05) is 24.3 Å². The Kier molecular flexibility index (Phi) is 5.20. The first-order valence-electron chi connectivity index (χ1n) is 9.71. The highest BCUT2D eigenvalue weighted by atomic mass is 35.5. The summed E-state index contributed by atoms with van der Waals surface area (Å²) in [6.45, 7) is 1.17. The molecule has 0 spiro atoms. The monoisotopic (exact) mass is 438 g/mol. The molecule has 0 radical (unpaired) electrons. The van der Waals surface area contributed by atoms with Crippen LogP contribution in [-0.4, -0.2) is 43.6 Å². The molecule has 1 N–H and O–H groups in total. The number of hydrogen-bond acceptors (Lipinski definition) is 6. The van der Waals surface area contributed by atoms with E-state index in [2.05, 4.69) is 26.4 Å². The van der Waals surface area contributed by atoms with E-state index < -0.39 is 0 Å². The Morgan fingerprint density at radius 1 is 1.27 bits per heavy atom. The average Bonchev–Trinajstić information content (AvgIpc) is 3.48. The van der Waals surface area contributed by atoms with Gasteiger partial charge in [0.25, 0.3) is 0 Å². The molecule has 9 heteroatoms. The van der Waals surface area contributed by atoms with E-state index in [0.29, 0.717) is 17.3 Å². The van der Waals surface area contributed by atoms with E-state index >= 15 is 0 Å². The molecule has 0 aliphatic carbocycles. The van der Waals surface area contributed by atoms with Crippen molar-refractivity contribution in [1.29, 1.82) is 0 Å². The van der Waals surface area contributed by atoms with Crippen LogP contribution in [0, 0.1) is 0 Å². The van der Waals surface area contributed by atoms with Gasteiger partial charge in [0.15, 0.2) is 0 Å². The van der Waals surface area contributed by atoms with Crippen LogP contribution in [0.2, 0.25) is 5.02 Å². The van der Waals surface area contributed by atoms with Crippen LogP contribution in [0.4, 0.5) is 5.69 Å². The van der Waals surface area contributed by atoms with Crippen molar-refractivity contribution >= 4 is 44.7 Å². The van der Waals surface area contributed by atoms with Crippen LogP contribution >= 0.6 is 22.9 Å². The number of nitrogens with one attached hydrogen (secondary N) is 1. The zero-order valence-electron chi connectivity index (χ0n) is 16.0. The number of likely N-dealkylation sites (tertiary alicyclic amines) is 1.